The number of nitrogens with zero attached hydrogens (tertiary/aromatic N) is 1. The van der Waals surface area contributed by atoms with Gasteiger partial charge < -0.3 is 9.64 Å². The lowest BCUT2D eigenvalue weighted by Gasteiger charge is -2.19. The van der Waals surface area contributed by atoms with Crippen LogP contribution in [0.2, 0.25) is 5.02 Å². The molecule has 18 heavy (non-hydrogen) atoms. The van der Waals surface area contributed by atoms with Crippen LogP contribution in [-0.2, 0) is 14.3 Å². The van der Waals surface area contributed by atoms with Crippen LogP contribution in [0.25, 0.3) is 0 Å². The lowest BCUT2D eigenvalue weighted by atomic mass is 10.1. The van der Waals surface area contributed by atoms with E-state index in [-0.39, 0.29) is 24.2 Å². The summed E-state index contributed by atoms with van der Waals surface area (Å²) in [5.41, 5.74) is 1.72. The van der Waals surface area contributed by atoms with Crippen LogP contribution in [-0.4, -0.2) is 25.5 Å². The Morgan fingerprint density at radius 2 is 2.22 bits per heavy atom. The third-order valence-electron chi connectivity index (χ3n) is 3.12. The second-order valence-electron chi connectivity index (χ2n) is 4.36. The molecular formula is C13H14ClNO3. The standard InChI is InChI=1S/C13H14ClNO3/c1-8-3-4-10(14)6-11(8)15-7-9(5-12(15)16)13(17)18-2/h3-4,6,9H,5,7H2,1-2H3/t9-/m0/s1. The van der Waals surface area contributed by atoms with Gasteiger partial charge in [0.1, 0.15) is 0 Å². The monoisotopic (exact) mass is 267 g/mol. The van der Waals surface area contributed by atoms with Gasteiger partial charge in [0.25, 0.3) is 0 Å². The molecule has 0 radical (unpaired) electrons. The van der Waals surface area contributed by atoms with Gasteiger partial charge in [-0.3, -0.25) is 9.59 Å². The molecule has 1 aliphatic heterocycles. The first-order chi connectivity index (χ1) is 8.52. The number of ether oxygens (including phenoxy) is 1. The maximum absolute atomic E-state index is 11.9. The van der Waals surface area contributed by atoms with E-state index >= 15 is 0 Å². The van der Waals surface area contributed by atoms with E-state index in [9.17, 15) is 9.59 Å². The number of halogens is 1. The molecule has 1 aliphatic rings. The fourth-order valence-corrected chi connectivity index (χ4v) is 2.30. The van der Waals surface area contributed by atoms with Crippen molar-refractivity contribution >= 4 is 29.2 Å². The van der Waals surface area contributed by atoms with Crippen molar-refractivity contribution in [2.24, 2.45) is 5.92 Å². The van der Waals surface area contributed by atoms with Crippen molar-refractivity contribution in [3.8, 4) is 0 Å². The van der Waals surface area contributed by atoms with Crippen LogP contribution in [0, 0.1) is 12.8 Å². The van der Waals surface area contributed by atoms with Crippen molar-refractivity contribution in [1.82, 2.24) is 0 Å². The van der Waals surface area contributed by atoms with Crippen molar-refractivity contribution in [3.63, 3.8) is 0 Å². The smallest absolute Gasteiger partial charge is 0.311 e. The van der Waals surface area contributed by atoms with Crippen LogP contribution in [0.15, 0.2) is 18.2 Å². The van der Waals surface area contributed by atoms with Crippen molar-refractivity contribution in [1.29, 1.82) is 0 Å². The van der Waals surface area contributed by atoms with Crippen LogP contribution in [0.3, 0.4) is 0 Å². The summed E-state index contributed by atoms with van der Waals surface area (Å²) in [5, 5.41) is 0.574. The summed E-state index contributed by atoms with van der Waals surface area (Å²) in [6.07, 6.45) is 0.193. The Morgan fingerprint density at radius 1 is 1.50 bits per heavy atom. The summed E-state index contributed by atoms with van der Waals surface area (Å²) in [6.45, 7) is 2.26. The van der Waals surface area contributed by atoms with Gasteiger partial charge in [0.15, 0.2) is 0 Å². The number of esters is 1. The Bertz CT molecular complexity index is 501. The zero-order chi connectivity index (χ0) is 13.3. The normalized spacial score (nSPS) is 19.2. The molecule has 0 aromatic heterocycles. The van der Waals surface area contributed by atoms with Gasteiger partial charge in [-0.1, -0.05) is 17.7 Å². The van der Waals surface area contributed by atoms with Gasteiger partial charge in [-0.25, -0.2) is 0 Å². The molecule has 1 fully saturated rings. The van der Waals surface area contributed by atoms with Crippen LogP contribution in [0.4, 0.5) is 5.69 Å². The van der Waals surface area contributed by atoms with E-state index in [1.807, 2.05) is 13.0 Å². The molecule has 1 saturated heterocycles. The first kappa shape index (κ1) is 12.9. The SMILES string of the molecule is COC(=O)[C@H]1CC(=O)N(c2cc(Cl)ccc2C)C1. The number of benzene rings is 1. The summed E-state index contributed by atoms with van der Waals surface area (Å²) in [7, 11) is 1.33. The number of carbonyl (C=O) groups excluding carboxylic acids is 2. The number of hydrogen-bond acceptors (Lipinski definition) is 3. The number of aryl methyl sites for hydroxylation is 1. The molecule has 1 aromatic carbocycles. The molecule has 0 unspecified atom stereocenters. The van der Waals surface area contributed by atoms with Crippen molar-refractivity contribution < 1.29 is 14.3 Å². The minimum absolute atomic E-state index is 0.0734. The summed E-state index contributed by atoms with van der Waals surface area (Å²) < 4.78 is 4.68. The molecule has 0 aliphatic carbocycles. The molecule has 1 atom stereocenters. The molecule has 1 aromatic rings. The zero-order valence-corrected chi connectivity index (χ0v) is 11.0. The fourth-order valence-electron chi connectivity index (χ4n) is 2.14. The number of methoxy groups -OCH3 is 1. The quantitative estimate of drug-likeness (QED) is 0.772. The number of anilines is 1. The van der Waals surface area contributed by atoms with Gasteiger partial charge in [-0.05, 0) is 24.6 Å². The molecule has 0 bridgehead atoms. The highest BCUT2D eigenvalue weighted by Gasteiger charge is 2.36. The maximum atomic E-state index is 11.9. The Morgan fingerprint density at radius 3 is 2.89 bits per heavy atom. The molecule has 0 saturated carbocycles. The van der Waals surface area contributed by atoms with Crippen molar-refractivity contribution in [3.05, 3.63) is 28.8 Å². The van der Waals surface area contributed by atoms with Gasteiger partial charge >= 0.3 is 5.97 Å². The highest BCUT2D eigenvalue weighted by atomic mass is 35.5. The second-order valence-corrected chi connectivity index (χ2v) is 4.80. The zero-order valence-electron chi connectivity index (χ0n) is 10.3. The van der Waals surface area contributed by atoms with Crippen LogP contribution in [0.1, 0.15) is 12.0 Å². The molecule has 1 heterocycles. The lowest BCUT2D eigenvalue weighted by Crippen LogP contribution is -2.26. The Labute approximate surface area is 110 Å². The van der Waals surface area contributed by atoms with E-state index in [1.165, 1.54) is 7.11 Å². The Kier molecular flexibility index (Phi) is 3.57. The third kappa shape index (κ3) is 2.34. The van der Waals surface area contributed by atoms with Gasteiger partial charge in [0.05, 0.1) is 13.0 Å². The van der Waals surface area contributed by atoms with E-state index < -0.39 is 0 Å². The molecule has 96 valence electrons. The predicted molar refractivity (Wildman–Crippen MR) is 68.7 cm³/mol. The van der Waals surface area contributed by atoms with E-state index in [2.05, 4.69) is 4.74 Å². The molecule has 0 spiro atoms. The number of carbonyl (C=O) groups is 2. The first-order valence-electron chi connectivity index (χ1n) is 5.67. The molecule has 5 heteroatoms. The van der Waals surface area contributed by atoms with Crippen LogP contribution in [0.5, 0.6) is 0 Å². The summed E-state index contributed by atoms with van der Waals surface area (Å²) in [4.78, 5) is 25.0. The molecular weight excluding hydrogens is 254 g/mol. The highest BCUT2D eigenvalue weighted by molar-refractivity contribution is 6.31. The van der Waals surface area contributed by atoms with E-state index in [1.54, 1.807) is 17.0 Å². The van der Waals surface area contributed by atoms with Gasteiger partial charge in [0.2, 0.25) is 5.91 Å². The van der Waals surface area contributed by atoms with Crippen LogP contribution < -0.4 is 4.90 Å². The van der Waals surface area contributed by atoms with Crippen LogP contribution >= 0.6 is 11.6 Å². The fraction of sp³-hybridized carbons (Fsp3) is 0.385. The Hall–Kier alpha value is -1.55. The number of rotatable bonds is 2. The van der Waals surface area contributed by atoms with E-state index in [4.69, 9.17) is 11.6 Å². The van der Waals surface area contributed by atoms with Crippen molar-refractivity contribution in [2.45, 2.75) is 13.3 Å². The first-order valence-corrected chi connectivity index (χ1v) is 6.05. The third-order valence-corrected chi connectivity index (χ3v) is 3.36. The average Bonchev–Trinajstić information content (AvgIpc) is 2.73. The minimum atomic E-state index is -0.388. The van der Waals surface area contributed by atoms with Gasteiger partial charge in [-0.2, -0.15) is 0 Å². The lowest BCUT2D eigenvalue weighted by molar-refractivity contribution is -0.145. The number of amides is 1. The minimum Gasteiger partial charge on any atom is -0.469 e. The largest absolute Gasteiger partial charge is 0.469 e. The Balaban J connectivity index is 2.27. The number of hydrogen-bond donors (Lipinski definition) is 0. The maximum Gasteiger partial charge on any atom is 0.311 e. The summed E-state index contributed by atoms with van der Waals surface area (Å²) in [5.74, 6) is -0.804. The van der Waals surface area contributed by atoms with E-state index in [0.717, 1.165) is 11.3 Å². The predicted octanol–water partition coefficient (Wildman–Crippen LogP) is 2.17. The second kappa shape index (κ2) is 4.98. The van der Waals surface area contributed by atoms with E-state index in [0.29, 0.717) is 11.6 Å². The molecule has 1 amide bonds. The molecule has 0 N–H and O–H groups in total. The summed E-state index contributed by atoms with van der Waals surface area (Å²) in [6, 6.07) is 5.38. The summed E-state index contributed by atoms with van der Waals surface area (Å²) >= 11 is 5.94. The van der Waals surface area contributed by atoms with Crippen molar-refractivity contribution in [2.75, 3.05) is 18.6 Å². The van der Waals surface area contributed by atoms with Gasteiger partial charge in [-0.15, -0.1) is 0 Å². The molecule has 2 rings (SSSR count). The highest BCUT2D eigenvalue weighted by Crippen LogP contribution is 2.30. The van der Waals surface area contributed by atoms with Gasteiger partial charge in [0, 0.05) is 23.7 Å². The average molecular weight is 268 g/mol. The molecule has 4 nitrogen and oxygen atoms in total. The topological polar surface area (TPSA) is 46.6 Å².